The Balaban J connectivity index is 3.53. The summed E-state index contributed by atoms with van der Waals surface area (Å²) in [5.74, 6) is -10.2. The summed E-state index contributed by atoms with van der Waals surface area (Å²) in [5.41, 5.74) is -1.80. The Morgan fingerprint density at radius 3 is 2.43 bits per heavy atom. The van der Waals surface area contributed by atoms with E-state index in [4.69, 9.17) is 5.11 Å². The summed E-state index contributed by atoms with van der Waals surface area (Å²) in [4.78, 5) is 15.3. The van der Waals surface area contributed by atoms with Crippen LogP contribution >= 0.6 is 0 Å². The Morgan fingerprint density at radius 2 is 1.91 bits per heavy atom. The van der Waals surface area contributed by atoms with Crippen LogP contribution in [0.15, 0.2) is 16.6 Å². The molecule has 5 nitrogen and oxygen atoms in total. The Morgan fingerprint density at radius 1 is 1.30 bits per heavy atom. The molecule has 9 heteroatoms. The summed E-state index contributed by atoms with van der Waals surface area (Å²) in [6, 6.07) is -0.482. The van der Waals surface area contributed by atoms with Crippen molar-refractivity contribution in [2.24, 2.45) is 4.99 Å². The highest BCUT2D eigenvalue weighted by Crippen LogP contribution is 2.25. The molecule has 1 aromatic rings. The zero-order chi connectivity index (χ0) is 17.7. The zero-order valence-corrected chi connectivity index (χ0v) is 12.1. The maximum Gasteiger partial charge on any atom is 0.343 e. The summed E-state index contributed by atoms with van der Waals surface area (Å²) in [7, 11) is 0.946. The van der Waals surface area contributed by atoms with Crippen LogP contribution in [0.25, 0.3) is 5.76 Å². The molecule has 0 aliphatic rings. The topological polar surface area (TPSA) is 79.1 Å². The molecule has 0 aromatic heterocycles. The van der Waals surface area contributed by atoms with Crippen molar-refractivity contribution in [2.75, 3.05) is 13.7 Å². The highest BCUT2D eigenvalue weighted by Gasteiger charge is 2.24. The van der Waals surface area contributed by atoms with Crippen LogP contribution in [0.5, 0.6) is 0 Å². The van der Waals surface area contributed by atoms with Gasteiger partial charge in [-0.2, -0.15) is 0 Å². The quantitative estimate of drug-likeness (QED) is 0.164. The van der Waals surface area contributed by atoms with Crippen molar-refractivity contribution in [3.05, 3.63) is 40.5 Å². The number of hydrogen-bond donors (Lipinski definition) is 2. The number of methoxy groups -OCH3 is 1. The number of benzene rings is 1. The Hall–Kier alpha value is -2.42. The van der Waals surface area contributed by atoms with E-state index in [0.29, 0.717) is 0 Å². The SMILES string of the molecule is COC(=O)/C(C=N[C@@H](C)CO)=C(\O)c1cc(F)c(F)c(F)c1F. The summed E-state index contributed by atoms with van der Waals surface area (Å²) in [6.07, 6.45) is 0.751. The number of halogens is 4. The predicted octanol–water partition coefficient (Wildman–Crippen LogP) is 2.14. The number of nitrogens with zero attached hydrogens (tertiary/aromatic N) is 1. The molecule has 23 heavy (non-hydrogen) atoms. The van der Waals surface area contributed by atoms with Crippen molar-refractivity contribution < 1.29 is 37.3 Å². The number of aliphatic imine (C=N–C) groups is 1. The number of rotatable bonds is 5. The van der Waals surface area contributed by atoms with E-state index in [1.165, 1.54) is 6.92 Å². The molecule has 1 atom stereocenters. The molecule has 0 fully saturated rings. The van der Waals surface area contributed by atoms with Crippen LogP contribution in [0.1, 0.15) is 12.5 Å². The van der Waals surface area contributed by atoms with Gasteiger partial charge in [0.25, 0.3) is 0 Å². The lowest BCUT2D eigenvalue weighted by Gasteiger charge is -2.09. The lowest BCUT2D eigenvalue weighted by Crippen LogP contribution is -2.13. The molecule has 0 amide bonds. The van der Waals surface area contributed by atoms with Crippen molar-refractivity contribution in [3.8, 4) is 0 Å². The van der Waals surface area contributed by atoms with E-state index >= 15 is 0 Å². The first kappa shape index (κ1) is 18.6. The molecular formula is C14H13F4NO4. The molecule has 0 unspecified atom stereocenters. The van der Waals surface area contributed by atoms with Crippen LogP contribution in [0, 0.1) is 23.3 Å². The summed E-state index contributed by atoms with van der Waals surface area (Å²) >= 11 is 0. The molecule has 126 valence electrons. The number of aliphatic hydroxyl groups excluding tert-OH is 2. The Labute approximate surface area is 128 Å². The molecule has 0 aliphatic heterocycles. The number of carbonyl (C=O) groups excluding carboxylic acids is 1. The summed E-state index contributed by atoms with van der Waals surface area (Å²) < 4.78 is 57.4. The smallest absolute Gasteiger partial charge is 0.343 e. The minimum Gasteiger partial charge on any atom is -0.506 e. The number of hydrogen-bond acceptors (Lipinski definition) is 5. The molecular weight excluding hydrogens is 322 g/mol. The molecule has 0 aliphatic carbocycles. The second-order valence-corrected chi connectivity index (χ2v) is 4.41. The van der Waals surface area contributed by atoms with E-state index in [0.717, 1.165) is 13.3 Å². The van der Waals surface area contributed by atoms with Crippen molar-refractivity contribution in [1.82, 2.24) is 0 Å². The third-order valence-corrected chi connectivity index (χ3v) is 2.74. The average molecular weight is 335 g/mol. The number of carbonyl (C=O) groups is 1. The monoisotopic (exact) mass is 335 g/mol. The number of ether oxygens (including phenoxy) is 1. The molecule has 1 aromatic carbocycles. The molecule has 2 N–H and O–H groups in total. The van der Waals surface area contributed by atoms with Crippen molar-refractivity contribution in [1.29, 1.82) is 0 Å². The second kappa shape index (κ2) is 7.73. The van der Waals surface area contributed by atoms with Gasteiger partial charge in [0.1, 0.15) is 11.3 Å². The predicted molar refractivity (Wildman–Crippen MR) is 72.9 cm³/mol. The standard InChI is InChI=1S/C14H13F4NO4/c1-6(5-20)19-4-8(14(22)23-2)13(21)7-3-9(15)11(17)12(18)10(7)16/h3-4,6,20-21H,5H2,1-2H3/b13-8-,19-4?/t6-/m0/s1. The Kier molecular flexibility index (Phi) is 6.26. The van der Waals surface area contributed by atoms with Gasteiger partial charge in [-0.3, -0.25) is 4.99 Å². The van der Waals surface area contributed by atoms with E-state index < -0.39 is 52.2 Å². The minimum atomic E-state index is -2.14. The van der Waals surface area contributed by atoms with E-state index in [2.05, 4.69) is 9.73 Å². The van der Waals surface area contributed by atoms with Crippen molar-refractivity contribution in [3.63, 3.8) is 0 Å². The van der Waals surface area contributed by atoms with E-state index in [9.17, 15) is 27.5 Å². The fraction of sp³-hybridized carbons (Fsp3) is 0.286. The third kappa shape index (κ3) is 4.07. The normalized spacial score (nSPS) is 13.9. The van der Waals surface area contributed by atoms with Gasteiger partial charge >= 0.3 is 5.97 Å². The number of esters is 1. The lowest BCUT2D eigenvalue weighted by atomic mass is 10.1. The maximum atomic E-state index is 13.7. The van der Waals surface area contributed by atoms with Crippen LogP contribution < -0.4 is 0 Å². The van der Waals surface area contributed by atoms with Crippen LogP contribution in [0.4, 0.5) is 17.6 Å². The number of aliphatic hydroxyl groups is 2. The Bertz CT molecular complexity index is 673. The van der Waals surface area contributed by atoms with Crippen LogP contribution in [0.3, 0.4) is 0 Å². The van der Waals surface area contributed by atoms with Gasteiger partial charge in [-0.1, -0.05) is 0 Å². The largest absolute Gasteiger partial charge is 0.506 e. The molecule has 0 bridgehead atoms. The molecule has 0 spiro atoms. The van der Waals surface area contributed by atoms with E-state index in [1.54, 1.807) is 0 Å². The van der Waals surface area contributed by atoms with Gasteiger partial charge in [0.05, 0.1) is 25.3 Å². The molecule has 0 saturated carbocycles. The fourth-order valence-corrected chi connectivity index (χ4v) is 1.46. The van der Waals surface area contributed by atoms with Crippen LogP contribution in [0.2, 0.25) is 0 Å². The first-order valence-electron chi connectivity index (χ1n) is 6.23. The van der Waals surface area contributed by atoms with E-state index in [-0.39, 0.29) is 12.7 Å². The maximum absolute atomic E-state index is 13.7. The summed E-state index contributed by atoms with van der Waals surface area (Å²) in [5, 5.41) is 18.8. The molecule has 0 radical (unpaired) electrons. The first-order valence-corrected chi connectivity index (χ1v) is 6.23. The molecule has 0 heterocycles. The molecule has 0 saturated heterocycles. The minimum absolute atomic E-state index is 0.190. The lowest BCUT2D eigenvalue weighted by molar-refractivity contribution is -0.135. The third-order valence-electron chi connectivity index (χ3n) is 2.74. The van der Waals surface area contributed by atoms with Gasteiger partial charge in [-0.25, -0.2) is 22.4 Å². The summed E-state index contributed by atoms with van der Waals surface area (Å²) in [6.45, 7) is 1.07. The van der Waals surface area contributed by atoms with Gasteiger partial charge in [0.15, 0.2) is 23.3 Å². The van der Waals surface area contributed by atoms with Gasteiger partial charge in [-0.15, -0.1) is 0 Å². The van der Waals surface area contributed by atoms with Gasteiger partial charge in [-0.05, 0) is 13.0 Å². The first-order chi connectivity index (χ1) is 10.7. The van der Waals surface area contributed by atoms with Gasteiger partial charge in [0.2, 0.25) is 0 Å². The van der Waals surface area contributed by atoms with Crippen LogP contribution in [-0.4, -0.2) is 42.2 Å². The second-order valence-electron chi connectivity index (χ2n) is 4.41. The van der Waals surface area contributed by atoms with Gasteiger partial charge < -0.3 is 14.9 Å². The zero-order valence-electron chi connectivity index (χ0n) is 12.1. The van der Waals surface area contributed by atoms with Crippen molar-refractivity contribution >= 4 is 17.9 Å². The average Bonchev–Trinajstić information content (AvgIpc) is 2.55. The highest BCUT2D eigenvalue weighted by atomic mass is 19.2. The van der Waals surface area contributed by atoms with E-state index in [1.807, 2.05) is 0 Å². The van der Waals surface area contributed by atoms with Crippen molar-refractivity contribution in [2.45, 2.75) is 13.0 Å². The van der Waals surface area contributed by atoms with Crippen LogP contribution in [-0.2, 0) is 9.53 Å². The van der Waals surface area contributed by atoms with Gasteiger partial charge in [0, 0.05) is 6.21 Å². The highest BCUT2D eigenvalue weighted by molar-refractivity contribution is 6.15. The molecule has 1 rings (SSSR count). The fourth-order valence-electron chi connectivity index (χ4n) is 1.46.